The van der Waals surface area contributed by atoms with Crippen LogP contribution < -0.4 is 14.7 Å². The van der Waals surface area contributed by atoms with Crippen LogP contribution in [-0.2, 0) is 16.2 Å². The summed E-state index contributed by atoms with van der Waals surface area (Å²) >= 11 is 1.87. The Morgan fingerprint density at radius 3 is 1.01 bits per heavy atom. The van der Waals surface area contributed by atoms with Gasteiger partial charge in [0.2, 0.25) is 0 Å². The molecule has 0 aliphatic heterocycles. The van der Waals surface area contributed by atoms with Crippen molar-refractivity contribution in [3.63, 3.8) is 0 Å². The van der Waals surface area contributed by atoms with Crippen LogP contribution in [0.15, 0.2) is 514 Å². The molecule has 149 heavy (non-hydrogen) atoms. The summed E-state index contributed by atoms with van der Waals surface area (Å²) < 4.78 is 16.4. The third-order valence-electron chi connectivity index (χ3n) is 31.9. The first kappa shape index (κ1) is 88.4. The Hall–Kier alpha value is -18.3. The number of thiophene rings is 1. The van der Waals surface area contributed by atoms with Crippen molar-refractivity contribution in [1.29, 1.82) is 0 Å². The van der Waals surface area contributed by atoms with Gasteiger partial charge in [0.15, 0.2) is 0 Å². The van der Waals surface area contributed by atoms with E-state index in [1.165, 1.54) is 164 Å². The highest BCUT2D eigenvalue weighted by atomic mass is 32.1. The largest absolute Gasteiger partial charge is 0.455 e. The van der Waals surface area contributed by atoms with Crippen LogP contribution in [0.25, 0.3) is 180 Å². The van der Waals surface area contributed by atoms with Crippen LogP contribution in [0.2, 0.25) is 0 Å². The molecule has 0 spiro atoms. The van der Waals surface area contributed by atoms with E-state index in [1.54, 1.807) is 0 Å². The molecule has 5 aromatic heterocycles. The fourth-order valence-electron chi connectivity index (χ4n) is 24.8. The highest BCUT2D eigenvalue weighted by Crippen LogP contribution is 2.57. The van der Waals surface area contributed by atoms with E-state index in [9.17, 15) is 0 Å². The molecule has 0 unspecified atom stereocenters. The second kappa shape index (κ2) is 35.0. The zero-order valence-electron chi connectivity index (χ0n) is 83.5. The minimum absolute atomic E-state index is 0.0782. The average Bonchev–Trinajstić information content (AvgIpc) is 1.55. The van der Waals surface area contributed by atoms with Gasteiger partial charge in [-0.15, -0.1) is 11.3 Å². The van der Waals surface area contributed by atoms with Gasteiger partial charge in [-0.1, -0.05) is 357 Å². The fraction of sp³-hybridized carbons (Fsp3) is 0.0638. The molecule has 0 saturated heterocycles. The van der Waals surface area contributed by atoms with E-state index in [1.807, 2.05) is 17.4 Å². The Kier molecular flexibility index (Phi) is 20.8. The van der Waals surface area contributed by atoms with E-state index in [2.05, 4.69) is 573 Å². The standard InChI is InChI=1S/C48H30N2OS.C48H38N2.C45H34N2/c1-3-14-32(15-4-1)49(33-16-5-2-6-17-33)34-28-31(36-21-13-22-40-38-19-9-12-25-45(38)52-48(36)40)29-35(30-34)50-42-23-10-7-20-41(42)46-43(50)27-26-39-37-18-8-11-24-44(37)51-47(39)46;1-47(2)41-17-9-5-13-35(41)37-27-25-33(29-43(37)47)49(34-26-28-38-36-14-6-10-18-42(36)48(3,4)44(38)30-34)31-21-23-32(24-22-31)50-45-19-11-7-15-39(45)40-16-8-12-20-46(40)50;1-45(2)41-17-9-6-14-37(41)38-29-28-36(30-42(38)45)46(33-22-20-32(21-23-33)31-12-4-3-5-13-31)34-24-26-35(27-25-34)47-43-18-10-7-15-39(43)40-16-8-11-19-44(40)47/h1-30H;5-30H,1-4H3;3-30H,1-2H3. The van der Waals surface area contributed by atoms with Crippen molar-refractivity contribution < 1.29 is 4.42 Å². The molecule has 8 heteroatoms. The molecule has 0 radical (unpaired) electrons. The van der Waals surface area contributed by atoms with Gasteiger partial charge in [-0.25, -0.2) is 0 Å². The number of benzene rings is 22. The molecule has 30 rings (SSSR count). The normalized spacial score (nSPS) is 13.2. The third kappa shape index (κ3) is 14.4. The number of fused-ring (bicyclic) bond motifs is 25. The Balaban J connectivity index is 0.000000108. The van der Waals surface area contributed by atoms with Crippen LogP contribution >= 0.6 is 11.3 Å². The topological polar surface area (TPSA) is 37.6 Å². The van der Waals surface area contributed by atoms with Crippen LogP contribution in [0, 0.1) is 0 Å². The zero-order valence-corrected chi connectivity index (χ0v) is 84.3. The lowest BCUT2D eigenvalue weighted by atomic mass is 9.82. The van der Waals surface area contributed by atoms with Crippen LogP contribution in [-0.4, -0.2) is 13.7 Å². The predicted molar refractivity (Wildman–Crippen MR) is 630 cm³/mol. The van der Waals surface area contributed by atoms with Gasteiger partial charge in [0.05, 0.1) is 38.5 Å². The highest BCUT2D eigenvalue weighted by molar-refractivity contribution is 7.26. The van der Waals surface area contributed by atoms with Gasteiger partial charge in [0, 0.05) is 142 Å². The summed E-state index contributed by atoms with van der Waals surface area (Å²) in [7, 11) is 0. The molecular formula is C141H102N6OS. The van der Waals surface area contributed by atoms with E-state index in [4.69, 9.17) is 4.42 Å². The number of para-hydroxylation sites is 8. The molecule has 0 N–H and O–H groups in total. The first-order chi connectivity index (χ1) is 73.2. The van der Waals surface area contributed by atoms with Gasteiger partial charge in [-0.3, -0.25) is 0 Å². The maximum Gasteiger partial charge on any atom is 0.145 e. The van der Waals surface area contributed by atoms with Crippen LogP contribution in [0.1, 0.15) is 74.9 Å². The minimum atomic E-state index is -0.0877. The van der Waals surface area contributed by atoms with Gasteiger partial charge in [0.1, 0.15) is 11.2 Å². The summed E-state index contributed by atoms with van der Waals surface area (Å²) in [5, 5.41) is 12.3. The zero-order chi connectivity index (χ0) is 99.5. The average molecular weight is 1930 g/mol. The Morgan fingerprint density at radius 2 is 0.530 bits per heavy atom. The molecule has 708 valence electrons. The highest BCUT2D eigenvalue weighted by Gasteiger charge is 2.40. The van der Waals surface area contributed by atoms with Crippen LogP contribution in [0.3, 0.4) is 0 Å². The summed E-state index contributed by atoms with van der Waals surface area (Å²) in [4.78, 5) is 7.21. The van der Waals surface area contributed by atoms with Crippen molar-refractivity contribution in [3.05, 3.63) is 543 Å². The molecular weight excluding hydrogens is 1830 g/mol. The van der Waals surface area contributed by atoms with Crippen molar-refractivity contribution in [2.75, 3.05) is 14.7 Å². The van der Waals surface area contributed by atoms with Gasteiger partial charge < -0.3 is 32.8 Å². The van der Waals surface area contributed by atoms with Crippen molar-refractivity contribution in [1.82, 2.24) is 13.7 Å². The van der Waals surface area contributed by atoms with Crippen LogP contribution in [0.5, 0.6) is 0 Å². The number of furan rings is 1. The van der Waals surface area contributed by atoms with Crippen molar-refractivity contribution >= 4 is 170 Å². The summed E-state index contributed by atoms with van der Waals surface area (Å²) in [5.74, 6) is 0. The molecule has 0 fully saturated rings. The van der Waals surface area contributed by atoms with Crippen molar-refractivity contribution in [3.8, 4) is 72.7 Å². The van der Waals surface area contributed by atoms with Gasteiger partial charge >= 0.3 is 0 Å². The number of anilines is 9. The number of rotatable bonds is 14. The lowest BCUT2D eigenvalue weighted by Gasteiger charge is -2.30. The molecule has 5 heterocycles. The molecule has 3 aliphatic carbocycles. The summed E-state index contributed by atoms with van der Waals surface area (Å²) in [6, 6.07) is 186. The maximum atomic E-state index is 6.65. The quantitative estimate of drug-likeness (QED) is 0.109. The lowest BCUT2D eigenvalue weighted by molar-refractivity contribution is 0.660. The first-order valence-electron chi connectivity index (χ1n) is 51.7. The van der Waals surface area contributed by atoms with Gasteiger partial charge in [-0.2, -0.15) is 0 Å². The molecule has 0 bridgehead atoms. The second-order valence-electron chi connectivity index (χ2n) is 41.4. The van der Waals surface area contributed by atoms with E-state index < -0.39 is 0 Å². The van der Waals surface area contributed by atoms with E-state index in [0.717, 1.165) is 101 Å². The number of hydrogen-bond acceptors (Lipinski definition) is 5. The Bertz CT molecular complexity index is 9760. The maximum absolute atomic E-state index is 6.65. The van der Waals surface area contributed by atoms with Crippen LogP contribution in [0.4, 0.5) is 51.2 Å². The predicted octanol–water partition coefficient (Wildman–Crippen LogP) is 39.3. The molecule has 22 aromatic carbocycles. The summed E-state index contributed by atoms with van der Waals surface area (Å²) in [6.45, 7) is 14.1. The van der Waals surface area contributed by atoms with Crippen molar-refractivity contribution in [2.24, 2.45) is 0 Å². The van der Waals surface area contributed by atoms with Gasteiger partial charge in [0.25, 0.3) is 0 Å². The lowest BCUT2D eigenvalue weighted by Crippen LogP contribution is -2.18. The fourth-order valence-corrected chi connectivity index (χ4v) is 26.1. The summed E-state index contributed by atoms with van der Waals surface area (Å²) in [5.41, 5.74) is 43.4. The molecule has 7 nitrogen and oxygen atoms in total. The monoisotopic (exact) mass is 1930 g/mol. The van der Waals surface area contributed by atoms with E-state index in [0.29, 0.717) is 0 Å². The third-order valence-corrected chi connectivity index (χ3v) is 33.2. The molecule has 27 aromatic rings. The minimum Gasteiger partial charge on any atom is -0.455 e. The number of nitrogens with zero attached hydrogens (tertiary/aromatic N) is 6. The molecule has 0 amide bonds. The molecule has 0 atom stereocenters. The van der Waals surface area contributed by atoms with Gasteiger partial charge in [-0.05, 0) is 283 Å². The smallest absolute Gasteiger partial charge is 0.145 e. The second-order valence-corrected chi connectivity index (χ2v) is 42.4. The molecule has 3 aliphatic rings. The number of hydrogen-bond donors (Lipinski definition) is 0. The van der Waals surface area contributed by atoms with Crippen molar-refractivity contribution in [2.45, 2.75) is 57.8 Å². The van der Waals surface area contributed by atoms with E-state index in [-0.39, 0.29) is 16.2 Å². The number of aromatic nitrogens is 3. The Labute approximate surface area is 869 Å². The SMILES string of the molecule is CC1(C)c2ccccc2-c2ccc(N(c3ccc(-c4ccccc4)cc3)c3ccc(-n4c5ccccc5c5ccccc54)cc3)cc21.CC1(C)c2ccccc2-c2ccc(N(c3ccc(-n4c5ccccc5c5ccccc54)cc3)c3ccc4c(c3)C(C)(C)c3ccccc3-4)cc21.c1ccc(N(c2ccccc2)c2cc(-c3cccc4c3sc3ccccc34)cc(-n3c4ccccc4c4c5oc6ccccc6c5ccc43)c2)cc1. The van der Waals surface area contributed by atoms with E-state index >= 15 is 0 Å². The summed E-state index contributed by atoms with van der Waals surface area (Å²) in [6.07, 6.45) is 0. The Morgan fingerprint density at radius 1 is 0.195 bits per heavy atom. The molecule has 0 saturated carbocycles. The first-order valence-corrected chi connectivity index (χ1v) is 52.5.